The zero-order valence-corrected chi connectivity index (χ0v) is 23.0. The number of aliphatic hydroxyl groups excluding tert-OH is 2. The topological polar surface area (TPSA) is 170 Å². The van der Waals surface area contributed by atoms with Gasteiger partial charge in [0.1, 0.15) is 6.10 Å². The number of carboxylic acids is 2. The van der Waals surface area contributed by atoms with Crippen molar-refractivity contribution in [1.29, 1.82) is 0 Å². The summed E-state index contributed by atoms with van der Waals surface area (Å²) in [4.78, 5) is 45.4. The molecule has 5 N–H and O–H groups in total. The number of carboxylic acid groups (broad SMARTS) is 2. The van der Waals surface area contributed by atoms with Gasteiger partial charge in [-0.15, -0.1) is 0 Å². The molecule has 0 radical (unpaired) electrons. The standard InChI is InChI=1S/C27H49NO9/c1-5-19(3)26(34)23(37-25(33)16-21(27(35)36)15-24(31)32)14-18(2)12-10-8-6-7-9-11-13-22(30)17-28-20(4)29/h18-19,21-23,26,30,34H,5-17H2,1-4H3,(H,28,29)(H,31,32)(H,35,36)/t18-,19+,21+,22-,23-,26+/m0/s1. The minimum absolute atomic E-state index is 0.115. The highest BCUT2D eigenvalue weighted by molar-refractivity contribution is 5.82. The number of hydrogen-bond donors (Lipinski definition) is 5. The lowest BCUT2D eigenvalue weighted by molar-refractivity contribution is -0.163. The van der Waals surface area contributed by atoms with Gasteiger partial charge in [0.2, 0.25) is 5.91 Å². The van der Waals surface area contributed by atoms with E-state index >= 15 is 0 Å². The third-order valence-corrected chi connectivity index (χ3v) is 6.78. The van der Waals surface area contributed by atoms with Crippen LogP contribution in [0.5, 0.6) is 0 Å². The second-order valence-electron chi connectivity index (χ2n) is 10.4. The Morgan fingerprint density at radius 2 is 1.43 bits per heavy atom. The Hall–Kier alpha value is -2.20. The lowest BCUT2D eigenvalue weighted by Crippen LogP contribution is -2.38. The first kappa shape index (κ1) is 34.8. The molecule has 10 heteroatoms. The molecule has 0 aliphatic carbocycles. The van der Waals surface area contributed by atoms with Crippen LogP contribution in [0.3, 0.4) is 0 Å². The fraction of sp³-hybridized carbons (Fsp3) is 0.852. The summed E-state index contributed by atoms with van der Waals surface area (Å²) in [5.41, 5.74) is 0. The van der Waals surface area contributed by atoms with Gasteiger partial charge in [0, 0.05) is 13.5 Å². The smallest absolute Gasteiger partial charge is 0.307 e. The first-order valence-electron chi connectivity index (χ1n) is 13.6. The van der Waals surface area contributed by atoms with Crippen molar-refractivity contribution in [2.24, 2.45) is 17.8 Å². The molecule has 37 heavy (non-hydrogen) atoms. The summed E-state index contributed by atoms with van der Waals surface area (Å²) < 4.78 is 5.50. The van der Waals surface area contributed by atoms with Gasteiger partial charge in [-0.2, -0.15) is 0 Å². The second kappa shape index (κ2) is 19.9. The number of ether oxygens (including phenoxy) is 1. The van der Waals surface area contributed by atoms with Crippen LogP contribution in [-0.2, 0) is 23.9 Å². The lowest BCUT2D eigenvalue weighted by atomic mass is 9.89. The van der Waals surface area contributed by atoms with Crippen LogP contribution in [0.1, 0.15) is 105 Å². The number of nitrogens with one attached hydrogen (secondary N) is 1. The molecule has 10 nitrogen and oxygen atoms in total. The molecule has 0 bridgehead atoms. The number of amides is 1. The quantitative estimate of drug-likeness (QED) is 0.104. The zero-order valence-electron chi connectivity index (χ0n) is 23.0. The van der Waals surface area contributed by atoms with Crippen molar-refractivity contribution in [3.63, 3.8) is 0 Å². The Bertz CT molecular complexity index is 685. The molecule has 0 aromatic carbocycles. The number of rotatable bonds is 22. The van der Waals surface area contributed by atoms with E-state index < -0.39 is 55.0 Å². The van der Waals surface area contributed by atoms with E-state index in [0.29, 0.717) is 19.3 Å². The van der Waals surface area contributed by atoms with Crippen LogP contribution < -0.4 is 5.32 Å². The van der Waals surface area contributed by atoms with Crippen molar-refractivity contribution in [2.75, 3.05) is 6.54 Å². The van der Waals surface area contributed by atoms with Crippen molar-refractivity contribution < 1.29 is 44.3 Å². The van der Waals surface area contributed by atoms with Gasteiger partial charge in [-0.05, 0) is 24.7 Å². The summed E-state index contributed by atoms with van der Waals surface area (Å²) in [6.07, 6.45) is 5.40. The van der Waals surface area contributed by atoms with E-state index in [9.17, 15) is 34.5 Å². The van der Waals surface area contributed by atoms with Crippen LogP contribution in [0, 0.1) is 17.8 Å². The minimum atomic E-state index is -1.37. The molecule has 0 aliphatic rings. The summed E-state index contributed by atoms with van der Waals surface area (Å²) in [5, 5.41) is 41.2. The van der Waals surface area contributed by atoms with Crippen LogP contribution in [0.2, 0.25) is 0 Å². The third-order valence-electron chi connectivity index (χ3n) is 6.78. The van der Waals surface area contributed by atoms with E-state index in [1.165, 1.54) is 6.92 Å². The fourth-order valence-corrected chi connectivity index (χ4v) is 4.20. The summed E-state index contributed by atoms with van der Waals surface area (Å²) in [6, 6.07) is 0. The van der Waals surface area contributed by atoms with Gasteiger partial charge in [-0.25, -0.2) is 0 Å². The summed E-state index contributed by atoms with van der Waals surface area (Å²) in [5.74, 6) is -4.93. The van der Waals surface area contributed by atoms with Gasteiger partial charge in [0.15, 0.2) is 0 Å². The first-order chi connectivity index (χ1) is 17.4. The fourth-order valence-electron chi connectivity index (χ4n) is 4.20. The van der Waals surface area contributed by atoms with Crippen molar-refractivity contribution in [3.8, 4) is 0 Å². The van der Waals surface area contributed by atoms with E-state index in [2.05, 4.69) is 5.32 Å². The highest BCUT2D eigenvalue weighted by atomic mass is 16.6. The molecule has 0 saturated heterocycles. The molecule has 0 aromatic rings. The van der Waals surface area contributed by atoms with Crippen molar-refractivity contribution in [1.82, 2.24) is 5.32 Å². The monoisotopic (exact) mass is 531 g/mol. The third kappa shape index (κ3) is 17.8. The molecule has 1 amide bonds. The van der Waals surface area contributed by atoms with Crippen LogP contribution in [0.4, 0.5) is 0 Å². The second-order valence-corrected chi connectivity index (χ2v) is 10.4. The predicted molar refractivity (Wildman–Crippen MR) is 139 cm³/mol. The Morgan fingerprint density at radius 1 is 0.865 bits per heavy atom. The maximum Gasteiger partial charge on any atom is 0.307 e. The van der Waals surface area contributed by atoms with E-state index in [1.54, 1.807) is 0 Å². The molecular weight excluding hydrogens is 482 g/mol. The van der Waals surface area contributed by atoms with Gasteiger partial charge in [-0.3, -0.25) is 19.2 Å². The van der Waals surface area contributed by atoms with E-state index in [4.69, 9.17) is 9.84 Å². The summed E-state index contributed by atoms with van der Waals surface area (Å²) in [6.45, 7) is 7.53. The number of carbonyl (C=O) groups excluding carboxylic acids is 2. The number of esters is 1. The molecule has 0 spiro atoms. The van der Waals surface area contributed by atoms with Crippen LogP contribution >= 0.6 is 0 Å². The molecule has 216 valence electrons. The van der Waals surface area contributed by atoms with Crippen molar-refractivity contribution >= 4 is 23.8 Å². The molecule has 0 unspecified atom stereocenters. The van der Waals surface area contributed by atoms with E-state index in [0.717, 1.165) is 44.9 Å². The van der Waals surface area contributed by atoms with Gasteiger partial charge >= 0.3 is 17.9 Å². The maximum absolute atomic E-state index is 12.4. The SMILES string of the molecule is CC[C@@H](C)[C@@H](O)[C@H](C[C@@H](C)CCCCCCCC[C@H](O)CNC(C)=O)OC(=O)C[C@@H](CC(=O)O)C(=O)O. The average Bonchev–Trinajstić information content (AvgIpc) is 2.82. The van der Waals surface area contributed by atoms with Gasteiger partial charge in [0.25, 0.3) is 0 Å². The molecule has 0 fully saturated rings. The Morgan fingerprint density at radius 3 is 1.95 bits per heavy atom. The maximum atomic E-state index is 12.4. The van der Waals surface area contributed by atoms with Crippen LogP contribution in [0.25, 0.3) is 0 Å². The minimum Gasteiger partial charge on any atom is -0.481 e. The molecule has 0 aliphatic heterocycles. The largest absolute Gasteiger partial charge is 0.481 e. The number of hydrogen-bond acceptors (Lipinski definition) is 7. The number of carbonyl (C=O) groups is 4. The molecule has 0 aromatic heterocycles. The Labute approximate surface area is 221 Å². The zero-order chi connectivity index (χ0) is 28.4. The van der Waals surface area contributed by atoms with E-state index in [-0.39, 0.29) is 24.3 Å². The number of unbranched alkanes of at least 4 members (excludes halogenated alkanes) is 5. The predicted octanol–water partition coefficient (Wildman–Crippen LogP) is 3.51. The van der Waals surface area contributed by atoms with Gasteiger partial charge < -0.3 is 30.5 Å². The Balaban J connectivity index is 4.49. The number of aliphatic carboxylic acids is 2. The van der Waals surface area contributed by atoms with Crippen LogP contribution in [-0.4, -0.2) is 69.1 Å². The number of aliphatic hydroxyl groups is 2. The summed E-state index contributed by atoms with van der Waals surface area (Å²) >= 11 is 0. The van der Waals surface area contributed by atoms with Gasteiger partial charge in [-0.1, -0.05) is 72.1 Å². The highest BCUT2D eigenvalue weighted by Crippen LogP contribution is 2.24. The first-order valence-corrected chi connectivity index (χ1v) is 13.6. The molecule has 0 saturated carbocycles. The van der Waals surface area contributed by atoms with Crippen molar-refractivity contribution in [3.05, 3.63) is 0 Å². The normalized spacial score (nSPS) is 16.2. The van der Waals surface area contributed by atoms with E-state index in [1.807, 2.05) is 20.8 Å². The van der Waals surface area contributed by atoms with Gasteiger partial charge in [0.05, 0.1) is 31.0 Å². The molecule has 0 rings (SSSR count). The summed E-state index contributed by atoms with van der Waals surface area (Å²) in [7, 11) is 0. The molecule has 0 heterocycles. The molecular formula is C27H49NO9. The van der Waals surface area contributed by atoms with Crippen LogP contribution in [0.15, 0.2) is 0 Å². The Kier molecular flexibility index (Phi) is 18.7. The van der Waals surface area contributed by atoms with Crippen molar-refractivity contribution in [2.45, 2.75) is 123 Å². The average molecular weight is 532 g/mol. The molecule has 6 atom stereocenters. The lowest BCUT2D eigenvalue weighted by Gasteiger charge is -2.29. The highest BCUT2D eigenvalue weighted by Gasteiger charge is 2.31.